The molecule has 10 aromatic carbocycles. The summed E-state index contributed by atoms with van der Waals surface area (Å²) >= 11 is 0. The molecular weight excluding hydrogens is 741 g/mol. The first kappa shape index (κ1) is 34.9. The molecule has 0 bridgehead atoms. The standard InChI is InChI=1S/C58H38N2O/c1-2-12-43-36-46(28-27-39(43)11-1)45-14-9-13-44(35-45)42-25-23-40(24-26-42)41-29-31-47(32-30-41)59(50-33-34-58-54(38-50)53-19-5-8-22-57(53)61-58)48-15-10-16-49(37-48)60-55-20-6-3-17-51(55)52-18-4-7-21-56(52)60/h1-38H. The van der Waals surface area contributed by atoms with E-state index in [-0.39, 0.29) is 0 Å². The molecule has 0 fully saturated rings. The maximum Gasteiger partial charge on any atom is 0.135 e. The van der Waals surface area contributed by atoms with Gasteiger partial charge in [0.1, 0.15) is 11.2 Å². The highest BCUT2D eigenvalue weighted by Gasteiger charge is 2.18. The van der Waals surface area contributed by atoms with E-state index >= 15 is 0 Å². The Bertz CT molecular complexity index is 3540. The van der Waals surface area contributed by atoms with Crippen LogP contribution < -0.4 is 4.90 Å². The van der Waals surface area contributed by atoms with Crippen LogP contribution in [0.5, 0.6) is 0 Å². The first-order chi connectivity index (χ1) is 30.2. The van der Waals surface area contributed by atoms with Gasteiger partial charge in [-0.3, -0.25) is 0 Å². The zero-order valence-corrected chi connectivity index (χ0v) is 33.2. The number of aromatic nitrogens is 1. The van der Waals surface area contributed by atoms with Crippen molar-refractivity contribution in [3.63, 3.8) is 0 Å². The second kappa shape index (κ2) is 14.3. The summed E-state index contributed by atoms with van der Waals surface area (Å²) in [7, 11) is 0. The fourth-order valence-corrected chi connectivity index (χ4v) is 9.18. The molecule has 0 aliphatic rings. The molecule has 286 valence electrons. The van der Waals surface area contributed by atoms with Crippen LogP contribution in [0.1, 0.15) is 0 Å². The molecule has 0 aliphatic heterocycles. The molecule has 3 heteroatoms. The number of fused-ring (bicyclic) bond motifs is 7. The van der Waals surface area contributed by atoms with Gasteiger partial charge in [0.25, 0.3) is 0 Å². The zero-order chi connectivity index (χ0) is 40.3. The van der Waals surface area contributed by atoms with E-state index < -0.39 is 0 Å². The van der Waals surface area contributed by atoms with Gasteiger partial charge in [0.05, 0.1) is 11.0 Å². The monoisotopic (exact) mass is 778 g/mol. The van der Waals surface area contributed by atoms with Crippen molar-refractivity contribution in [2.75, 3.05) is 4.90 Å². The van der Waals surface area contributed by atoms with E-state index in [9.17, 15) is 0 Å². The topological polar surface area (TPSA) is 21.3 Å². The Kier molecular flexibility index (Phi) is 8.17. The fourth-order valence-electron chi connectivity index (χ4n) is 9.18. The number of nitrogens with zero attached hydrogens (tertiary/aromatic N) is 2. The highest BCUT2D eigenvalue weighted by atomic mass is 16.3. The van der Waals surface area contributed by atoms with Gasteiger partial charge in [-0.05, 0) is 123 Å². The number of rotatable bonds is 7. The summed E-state index contributed by atoms with van der Waals surface area (Å²) in [6.45, 7) is 0. The van der Waals surface area contributed by atoms with Gasteiger partial charge in [0.2, 0.25) is 0 Å². The Hall–Kier alpha value is -8.14. The number of anilines is 3. The molecule has 12 aromatic rings. The maximum absolute atomic E-state index is 6.27. The molecule has 0 saturated heterocycles. The molecule has 0 aliphatic carbocycles. The van der Waals surface area contributed by atoms with Crippen LogP contribution in [0.2, 0.25) is 0 Å². The van der Waals surface area contributed by atoms with Crippen molar-refractivity contribution in [3.05, 3.63) is 231 Å². The van der Waals surface area contributed by atoms with Crippen molar-refractivity contribution in [1.29, 1.82) is 0 Å². The lowest BCUT2D eigenvalue weighted by Gasteiger charge is -2.26. The summed E-state index contributed by atoms with van der Waals surface area (Å²) in [5, 5.41) is 7.21. The summed E-state index contributed by atoms with van der Waals surface area (Å²) in [5.41, 5.74) is 15.6. The quantitative estimate of drug-likeness (QED) is 0.161. The number of hydrogen-bond donors (Lipinski definition) is 0. The second-order valence-electron chi connectivity index (χ2n) is 15.8. The van der Waals surface area contributed by atoms with Crippen LogP contribution in [-0.4, -0.2) is 4.57 Å². The first-order valence-electron chi connectivity index (χ1n) is 20.8. The van der Waals surface area contributed by atoms with Gasteiger partial charge in [-0.1, -0.05) is 152 Å². The van der Waals surface area contributed by atoms with Crippen molar-refractivity contribution in [2.24, 2.45) is 0 Å². The van der Waals surface area contributed by atoms with Crippen LogP contribution in [0, 0.1) is 0 Å². The van der Waals surface area contributed by atoms with E-state index in [1.54, 1.807) is 0 Å². The number of para-hydroxylation sites is 3. The Morgan fingerprint density at radius 1 is 0.295 bits per heavy atom. The van der Waals surface area contributed by atoms with E-state index in [0.717, 1.165) is 50.3 Å². The van der Waals surface area contributed by atoms with E-state index in [2.05, 4.69) is 228 Å². The number of hydrogen-bond acceptors (Lipinski definition) is 2. The van der Waals surface area contributed by atoms with E-state index in [0.29, 0.717) is 0 Å². The second-order valence-corrected chi connectivity index (χ2v) is 15.8. The third-order valence-corrected chi connectivity index (χ3v) is 12.2. The van der Waals surface area contributed by atoms with E-state index in [1.807, 2.05) is 12.1 Å². The molecule has 3 nitrogen and oxygen atoms in total. The zero-order valence-electron chi connectivity index (χ0n) is 33.2. The Morgan fingerprint density at radius 3 is 1.57 bits per heavy atom. The number of furan rings is 1. The summed E-state index contributed by atoms with van der Waals surface area (Å²) in [6, 6.07) is 83.0. The molecular formula is C58H38N2O. The minimum Gasteiger partial charge on any atom is -0.456 e. The third kappa shape index (κ3) is 6.06. The van der Waals surface area contributed by atoms with Gasteiger partial charge in [-0.25, -0.2) is 0 Å². The molecule has 0 unspecified atom stereocenters. The van der Waals surface area contributed by atoms with Crippen LogP contribution in [-0.2, 0) is 0 Å². The lowest BCUT2D eigenvalue weighted by atomic mass is 9.96. The van der Waals surface area contributed by atoms with Gasteiger partial charge in [0, 0.05) is 44.3 Å². The van der Waals surface area contributed by atoms with Gasteiger partial charge >= 0.3 is 0 Å². The maximum atomic E-state index is 6.27. The van der Waals surface area contributed by atoms with Crippen LogP contribution in [0.25, 0.3) is 93.6 Å². The normalized spacial score (nSPS) is 11.6. The van der Waals surface area contributed by atoms with Crippen LogP contribution >= 0.6 is 0 Å². The molecule has 0 N–H and O–H groups in total. The average molecular weight is 779 g/mol. The van der Waals surface area contributed by atoms with Crippen molar-refractivity contribution in [2.45, 2.75) is 0 Å². The van der Waals surface area contributed by atoms with E-state index in [4.69, 9.17) is 4.42 Å². The fraction of sp³-hybridized carbons (Fsp3) is 0. The molecule has 2 aromatic heterocycles. The third-order valence-electron chi connectivity index (χ3n) is 12.2. The first-order valence-corrected chi connectivity index (χ1v) is 20.8. The van der Waals surface area contributed by atoms with Crippen LogP contribution in [0.3, 0.4) is 0 Å². The molecule has 0 atom stereocenters. The van der Waals surface area contributed by atoms with Crippen molar-refractivity contribution >= 4 is 71.6 Å². The Labute approximate surface area is 353 Å². The molecule has 12 rings (SSSR count). The smallest absolute Gasteiger partial charge is 0.135 e. The minimum atomic E-state index is 0.878. The highest BCUT2D eigenvalue weighted by Crippen LogP contribution is 2.41. The van der Waals surface area contributed by atoms with Crippen molar-refractivity contribution in [1.82, 2.24) is 4.57 Å². The SMILES string of the molecule is c1cc(-c2ccc(-c3ccc(N(c4cccc(-n5c6ccccc6c6ccccc65)c4)c4ccc5oc6ccccc6c5c4)cc3)cc2)cc(-c2ccc3ccccc3c2)c1. The van der Waals surface area contributed by atoms with Crippen LogP contribution in [0.15, 0.2) is 235 Å². The Morgan fingerprint density at radius 2 is 0.820 bits per heavy atom. The molecule has 61 heavy (non-hydrogen) atoms. The molecule has 0 spiro atoms. The van der Waals surface area contributed by atoms with Crippen LogP contribution in [0.4, 0.5) is 17.1 Å². The van der Waals surface area contributed by atoms with E-state index in [1.165, 1.54) is 60.4 Å². The average Bonchev–Trinajstić information content (AvgIpc) is 3.88. The van der Waals surface area contributed by atoms with Gasteiger partial charge in [-0.15, -0.1) is 0 Å². The minimum absolute atomic E-state index is 0.878. The highest BCUT2D eigenvalue weighted by molar-refractivity contribution is 6.09. The lowest BCUT2D eigenvalue weighted by Crippen LogP contribution is -2.10. The van der Waals surface area contributed by atoms with Gasteiger partial charge < -0.3 is 13.9 Å². The lowest BCUT2D eigenvalue weighted by molar-refractivity contribution is 0.669. The summed E-state index contributed by atoms with van der Waals surface area (Å²) < 4.78 is 8.65. The summed E-state index contributed by atoms with van der Waals surface area (Å²) in [4.78, 5) is 2.36. The predicted molar refractivity (Wildman–Crippen MR) is 257 cm³/mol. The van der Waals surface area contributed by atoms with Gasteiger partial charge in [-0.2, -0.15) is 0 Å². The molecule has 2 heterocycles. The van der Waals surface area contributed by atoms with Gasteiger partial charge in [0.15, 0.2) is 0 Å². The predicted octanol–water partition coefficient (Wildman–Crippen LogP) is 16.3. The summed E-state index contributed by atoms with van der Waals surface area (Å²) in [6.07, 6.45) is 0. The van der Waals surface area contributed by atoms with Crippen molar-refractivity contribution in [3.8, 4) is 39.1 Å². The summed E-state index contributed by atoms with van der Waals surface area (Å²) in [5.74, 6) is 0. The largest absolute Gasteiger partial charge is 0.456 e. The Balaban J connectivity index is 0.916. The number of benzene rings is 10. The molecule has 0 radical (unpaired) electrons. The van der Waals surface area contributed by atoms with Crippen molar-refractivity contribution < 1.29 is 4.42 Å². The molecule has 0 saturated carbocycles. The molecule has 0 amide bonds.